The standard InChI is InChI=1S/C17H16N2O/c1-12(20)18-10-11-19-17-15-8-4-2-6-13(15)14-7-3-5-9-16(14)17/h2-9H,10-11H2,1H3,(H,18,20). The fourth-order valence-corrected chi connectivity index (χ4v) is 2.56. The topological polar surface area (TPSA) is 41.5 Å². The number of amides is 1. The van der Waals surface area contributed by atoms with Gasteiger partial charge in [-0.05, 0) is 11.1 Å². The predicted molar refractivity (Wildman–Crippen MR) is 81.1 cm³/mol. The van der Waals surface area contributed by atoms with Crippen LogP contribution >= 0.6 is 0 Å². The second kappa shape index (κ2) is 5.29. The van der Waals surface area contributed by atoms with Crippen molar-refractivity contribution in [2.45, 2.75) is 6.92 Å². The van der Waals surface area contributed by atoms with Crippen LogP contribution in [0.1, 0.15) is 18.1 Å². The quantitative estimate of drug-likeness (QED) is 0.726. The van der Waals surface area contributed by atoms with Gasteiger partial charge in [0.25, 0.3) is 0 Å². The van der Waals surface area contributed by atoms with Crippen LogP contribution in [0.15, 0.2) is 53.5 Å². The van der Waals surface area contributed by atoms with E-state index in [0.717, 1.165) is 5.71 Å². The lowest BCUT2D eigenvalue weighted by atomic mass is 10.1. The van der Waals surface area contributed by atoms with Crippen molar-refractivity contribution in [3.8, 4) is 11.1 Å². The number of hydrogen-bond donors (Lipinski definition) is 1. The molecular formula is C17H16N2O. The Hall–Kier alpha value is -2.42. The van der Waals surface area contributed by atoms with Crippen molar-refractivity contribution in [1.82, 2.24) is 5.32 Å². The Bertz CT molecular complexity index is 641. The third kappa shape index (κ3) is 2.23. The van der Waals surface area contributed by atoms with Crippen LogP contribution in [-0.4, -0.2) is 24.7 Å². The first-order chi connectivity index (χ1) is 9.77. The molecule has 1 aliphatic carbocycles. The highest BCUT2D eigenvalue weighted by Gasteiger charge is 2.23. The first-order valence-electron chi connectivity index (χ1n) is 6.75. The van der Waals surface area contributed by atoms with Crippen LogP contribution in [-0.2, 0) is 4.79 Å². The molecule has 0 unspecified atom stereocenters. The summed E-state index contributed by atoms with van der Waals surface area (Å²) in [7, 11) is 0. The molecule has 3 heteroatoms. The molecule has 0 spiro atoms. The lowest BCUT2D eigenvalue weighted by molar-refractivity contribution is -0.118. The van der Waals surface area contributed by atoms with E-state index in [1.54, 1.807) is 0 Å². The van der Waals surface area contributed by atoms with E-state index in [9.17, 15) is 4.79 Å². The van der Waals surface area contributed by atoms with Crippen LogP contribution in [0.5, 0.6) is 0 Å². The van der Waals surface area contributed by atoms with Crippen molar-refractivity contribution in [2.75, 3.05) is 13.1 Å². The molecule has 0 atom stereocenters. The van der Waals surface area contributed by atoms with Gasteiger partial charge in [0, 0.05) is 24.6 Å². The Labute approximate surface area is 118 Å². The van der Waals surface area contributed by atoms with Crippen molar-refractivity contribution < 1.29 is 4.79 Å². The molecule has 0 heterocycles. The number of aliphatic imine (C=N–C) groups is 1. The first-order valence-corrected chi connectivity index (χ1v) is 6.75. The largest absolute Gasteiger partial charge is 0.354 e. The van der Waals surface area contributed by atoms with E-state index in [0.29, 0.717) is 13.1 Å². The molecule has 2 aromatic carbocycles. The van der Waals surface area contributed by atoms with E-state index in [4.69, 9.17) is 0 Å². The summed E-state index contributed by atoms with van der Waals surface area (Å²) in [5.41, 5.74) is 5.86. The van der Waals surface area contributed by atoms with Gasteiger partial charge in [0.15, 0.2) is 0 Å². The highest BCUT2D eigenvalue weighted by molar-refractivity contribution is 6.24. The summed E-state index contributed by atoms with van der Waals surface area (Å²) in [5.74, 6) is -0.0163. The molecule has 20 heavy (non-hydrogen) atoms. The summed E-state index contributed by atoms with van der Waals surface area (Å²) in [5, 5.41) is 2.77. The van der Waals surface area contributed by atoms with Crippen molar-refractivity contribution in [3.05, 3.63) is 59.7 Å². The van der Waals surface area contributed by atoms with Gasteiger partial charge in [0.05, 0.1) is 12.3 Å². The maximum atomic E-state index is 10.9. The molecule has 1 amide bonds. The zero-order valence-corrected chi connectivity index (χ0v) is 11.4. The number of hydrogen-bond acceptors (Lipinski definition) is 2. The minimum Gasteiger partial charge on any atom is -0.354 e. The van der Waals surface area contributed by atoms with E-state index in [1.807, 2.05) is 12.1 Å². The van der Waals surface area contributed by atoms with E-state index >= 15 is 0 Å². The molecule has 0 bridgehead atoms. The SMILES string of the molecule is CC(=O)NCCN=C1c2ccccc2-c2ccccc21. The summed E-state index contributed by atoms with van der Waals surface area (Å²) in [6, 6.07) is 16.6. The smallest absolute Gasteiger partial charge is 0.216 e. The lowest BCUT2D eigenvalue weighted by Crippen LogP contribution is -2.23. The third-order valence-corrected chi connectivity index (χ3v) is 3.41. The number of nitrogens with zero attached hydrogens (tertiary/aromatic N) is 1. The maximum absolute atomic E-state index is 10.9. The summed E-state index contributed by atoms with van der Waals surface area (Å²) in [6.45, 7) is 2.69. The normalized spacial score (nSPS) is 11.8. The zero-order chi connectivity index (χ0) is 13.9. The van der Waals surface area contributed by atoms with Crippen molar-refractivity contribution >= 4 is 11.6 Å². The molecule has 0 fully saturated rings. The molecule has 2 aromatic rings. The summed E-state index contributed by atoms with van der Waals surface area (Å²) in [4.78, 5) is 15.6. The Morgan fingerprint density at radius 2 is 1.45 bits per heavy atom. The Morgan fingerprint density at radius 3 is 1.95 bits per heavy atom. The van der Waals surface area contributed by atoms with Crippen LogP contribution in [0.3, 0.4) is 0 Å². The zero-order valence-electron chi connectivity index (χ0n) is 11.4. The number of carbonyl (C=O) groups excluding carboxylic acids is 1. The van der Waals surface area contributed by atoms with E-state index in [-0.39, 0.29) is 5.91 Å². The average molecular weight is 264 g/mol. The van der Waals surface area contributed by atoms with Gasteiger partial charge >= 0.3 is 0 Å². The monoisotopic (exact) mass is 264 g/mol. The second-order valence-electron chi connectivity index (χ2n) is 4.80. The number of benzene rings is 2. The van der Waals surface area contributed by atoms with Crippen molar-refractivity contribution in [3.63, 3.8) is 0 Å². The molecule has 0 aliphatic heterocycles. The van der Waals surface area contributed by atoms with Gasteiger partial charge in [-0.25, -0.2) is 0 Å². The van der Waals surface area contributed by atoms with E-state index in [1.165, 1.54) is 29.2 Å². The molecule has 1 N–H and O–H groups in total. The Balaban J connectivity index is 1.94. The maximum Gasteiger partial charge on any atom is 0.216 e. The first kappa shape index (κ1) is 12.6. The van der Waals surface area contributed by atoms with Crippen LogP contribution in [0, 0.1) is 0 Å². The number of rotatable bonds is 3. The highest BCUT2D eigenvalue weighted by atomic mass is 16.1. The van der Waals surface area contributed by atoms with Gasteiger partial charge in [-0.15, -0.1) is 0 Å². The predicted octanol–water partition coefficient (Wildman–Crippen LogP) is 2.64. The van der Waals surface area contributed by atoms with Gasteiger partial charge in [-0.2, -0.15) is 0 Å². The van der Waals surface area contributed by atoms with Crippen molar-refractivity contribution in [2.24, 2.45) is 4.99 Å². The van der Waals surface area contributed by atoms with E-state index in [2.05, 4.69) is 46.7 Å². The fraction of sp³-hybridized carbons (Fsp3) is 0.176. The van der Waals surface area contributed by atoms with Crippen LogP contribution < -0.4 is 5.32 Å². The highest BCUT2D eigenvalue weighted by Crippen LogP contribution is 2.36. The van der Waals surface area contributed by atoms with E-state index < -0.39 is 0 Å². The van der Waals surface area contributed by atoms with Crippen LogP contribution in [0.25, 0.3) is 11.1 Å². The summed E-state index contributed by atoms with van der Waals surface area (Å²) >= 11 is 0. The molecule has 3 nitrogen and oxygen atoms in total. The molecule has 0 saturated carbocycles. The second-order valence-corrected chi connectivity index (χ2v) is 4.80. The van der Waals surface area contributed by atoms with Gasteiger partial charge in [0.1, 0.15) is 0 Å². The minimum absolute atomic E-state index is 0.0163. The molecule has 0 aromatic heterocycles. The fourth-order valence-electron chi connectivity index (χ4n) is 2.56. The number of nitrogens with one attached hydrogen (secondary N) is 1. The average Bonchev–Trinajstić information content (AvgIpc) is 2.78. The summed E-state index contributed by atoms with van der Waals surface area (Å²) < 4.78 is 0. The molecule has 0 radical (unpaired) electrons. The van der Waals surface area contributed by atoms with Crippen LogP contribution in [0.2, 0.25) is 0 Å². The van der Waals surface area contributed by atoms with Gasteiger partial charge in [-0.1, -0.05) is 48.5 Å². The van der Waals surface area contributed by atoms with Crippen LogP contribution in [0.4, 0.5) is 0 Å². The molecule has 0 saturated heterocycles. The summed E-state index contributed by atoms with van der Waals surface area (Å²) in [6.07, 6.45) is 0. The molecular weight excluding hydrogens is 248 g/mol. The van der Waals surface area contributed by atoms with Gasteiger partial charge in [0.2, 0.25) is 5.91 Å². The lowest BCUT2D eigenvalue weighted by Gasteiger charge is -2.03. The third-order valence-electron chi connectivity index (χ3n) is 3.41. The van der Waals surface area contributed by atoms with Gasteiger partial charge in [-0.3, -0.25) is 9.79 Å². The minimum atomic E-state index is -0.0163. The Kier molecular flexibility index (Phi) is 3.33. The van der Waals surface area contributed by atoms with Crippen molar-refractivity contribution in [1.29, 1.82) is 0 Å². The Morgan fingerprint density at radius 1 is 0.950 bits per heavy atom. The number of fused-ring (bicyclic) bond motifs is 3. The molecule has 100 valence electrons. The van der Waals surface area contributed by atoms with Gasteiger partial charge < -0.3 is 5.32 Å². The molecule has 1 aliphatic rings. The number of carbonyl (C=O) groups is 1. The molecule has 3 rings (SSSR count).